The van der Waals surface area contributed by atoms with E-state index < -0.39 is 0 Å². The van der Waals surface area contributed by atoms with Crippen LogP contribution in [-0.4, -0.2) is 30.3 Å². The number of ketones is 1. The first kappa shape index (κ1) is 13.1. The second kappa shape index (κ2) is 4.08. The lowest BCUT2D eigenvalue weighted by Gasteiger charge is -2.32. The predicted octanol–water partition coefficient (Wildman–Crippen LogP) is 2.97. The molecule has 2 heteroatoms. The minimum Gasteiger partial charge on any atom is -0.303 e. The van der Waals surface area contributed by atoms with Crippen molar-refractivity contribution >= 4 is 5.78 Å². The van der Waals surface area contributed by atoms with Gasteiger partial charge >= 0.3 is 0 Å². The fourth-order valence-electron chi connectivity index (χ4n) is 4.24. The molecule has 0 aromatic heterocycles. The molecule has 2 aliphatic rings. The Kier molecular flexibility index (Phi) is 3.14. The molecule has 0 aromatic carbocycles. The maximum Gasteiger partial charge on any atom is 0.143 e. The van der Waals surface area contributed by atoms with Crippen molar-refractivity contribution in [3.05, 3.63) is 0 Å². The van der Waals surface area contributed by atoms with E-state index in [1.807, 2.05) is 0 Å². The molecule has 2 rings (SSSR count). The lowest BCUT2D eigenvalue weighted by molar-refractivity contribution is -0.132. The molecule has 0 radical (unpaired) electrons. The summed E-state index contributed by atoms with van der Waals surface area (Å²) in [6.07, 6.45) is 2.36. The smallest absolute Gasteiger partial charge is 0.143 e. The summed E-state index contributed by atoms with van der Waals surface area (Å²) < 4.78 is 0. The SMILES string of the molecule is CCN(CC)C[C@@H]1C(=O)[C@]2(C)CC[C@@H]1C2(C)C. The van der Waals surface area contributed by atoms with Gasteiger partial charge in [0.15, 0.2) is 0 Å². The first-order valence-corrected chi connectivity index (χ1v) is 7.15. The standard InChI is InChI=1S/C15H27NO/c1-6-16(7-2)10-11-12-8-9-15(5,13(11)17)14(12,3)4/h11-12H,6-10H2,1-5H3/t11-,12-,15-/m0/s1. The third kappa shape index (κ3) is 1.60. The van der Waals surface area contributed by atoms with Crippen molar-refractivity contribution in [1.82, 2.24) is 4.90 Å². The van der Waals surface area contributed by atoms with Gasteiger partial charge in [0.1, 0.15) is 5.78 Å². The van der Waals surface area contributed by atoms with Gasteiger partial charge in [0, 0.05) is 17.9 Å². The van der Waals surface area contributed by atoms with Gasteiger partial charge in [0.25, 0.3) is 0 Å². The van der Waals surface area contributed by atoms with Gasteiger partial charge in [-0.25, -0.2) is 0 Å². The molecule has 0 amide bonds. The van der Waals surface area contributed by atoms with Gasteiger partial charge in [-0.2, -0.15) is 0 Å². The van der Waals surface area contributed by atoms with Crippen LogP contribution >= 0.6 is 0 Å². The molecular formula is C15H27NO. The second-order valence-corrected chi connectivity index (χ2v) is 6.66. The molecule has 3 atom stereocenters. The summed E-state index contributed by atoms with van der Waals surface area (Å²) in [5, 5.41) is 0. The minimum absolute atomic E-state index is 0.0461. The van der Waals surface area contributed by atoms with Crippen LogP contribution in [0.25, 0.3) is 0 Å². The van der Waals surface area contributed by atoms with Gasteiger partial charge < -0.3 is 4.90 Å². The second-order valence-electron chi connectivity index (χ2n) is 6.66. The topological polar surface area (TPSA) is 20.3 Å². The van der Waals surface area contributed by atoms with Crippen LogP contribution in [0.1, 0.15) is 47.5 Å². The Morgan fingerprint density at radius 2 is 1.82 bits per heavy atom. The number of fused-ring (bicyclic) bond motifs is 2. The van der Waals surface area contributed by atoms with Gasteiger partial charge in [0.05, 0.1) is 0 Å². The fourth-order valence-corrected chi connectivity index (χ4v) is 4.24. The highest BCUT2D eigenvalue weighted by Gasteiger charge is 2.65. The van der Waals surface area contributed by atoms with Crippen LogP contribution in [-0.2, 0) is 4.79 Å². The van der Waals surface area contributed by atoms with Gasteiger partial charge in [-0.15, -0.1) is 0 Å². The molecule has 0 spiro atoms. The summed E-state index contributed by atoms with van der Waals surface area (Å²) in [6, 6.07) is 0. The summed E-state index contributed by atoms with van der Waals surface area (Å²) in [7, 11) is 0. The van der Waals surface area contributed by atoms with Crippen LogP contribution in [0.2, 0.25) is 0 Å². The zero-order chi connectivity index (χ0) is 12.8. The van der Waals surface area contributed by atoms with E-state index in [-0.39, 0.29) is 10.8 Å². The van der Waals surface area contributed by atoms with Crippen molar-refractivity contribution in [2.24, 2.45) is 22.7 Å². The van der Waals surface area contributed by atoms with E-state index in [4.69, 9.17) is 0 Å². The van der Waals surface area contributed by atoms with Crippen molar-refractivity contribution < 1.29 is 4.79 Å². The molecule has 0 heterocycles. The van der Waals surface area contributed by atoms with E-state index in [1.165, 1.54) is 6.42 Å². The normalized spacial score (nSPS) is 39.3. The highest BCUT2D eigenvalue weighted by molar-refractivity contribution is 5.91. The number of rotatable bonds is 4. The van der Waals surface area contributed by atoms with Crippen LogP contribution in [0.4, 0.5) is 0 Å². The molecule has 2 aliphatic carbocycles. The quantitative estimate of drug-likeness (QED) is 0.749. The lowest BCUT2D eigenvalue weighted by atomic mass is 9.70. The molecule has 2 bridgehead atoms. The molecule has 17 heavy (non-hydrogen) atoms. The molecule has 0 N–H and O–H groups in total. The Labute approximate surface area is 106 Å². The Morgan fingerprint density at radius 3 is 2.24 bits per heavy atom. The summed E-state index contributed by atoms with van der Waals surface area (Å²) in [4.78, 5) is 15.1. The molecule has 0 saturated heterocycles. The largest absolute Gasteiger partial charge is 0.303 e. The van der Waals surface area contributed by atoms with Crippen LogP contribution in [0, 0.1) is 22.7 Å². The highest BCUT2D eigenvalue weighted by atomic mass is 16.1. The lowest BCUT2D eigenvalue weighted by Crippen LogP contribution is -2.38. The van der Waals surface area contributed by atoms with Crippen LogP contribution < -0.4 is 0 Å². The third-order valence-corrected chi connectivity index (χ3v) is 6.02. The van der Waals surface area contributed by atoms with E-state index in [9.17, 15) is 4.79 Å². The maximum absolute atomic E-state index is 12.6. The Balaban J connectivity index is 2.20. The van der Waals surface area contributed by atoms with Gasteiger partial charge in [-0.3, -0.25) is 4.79 Å². The summed E-state index contributed by atoms with van der Waals surface area (Å²) in [5.41, 5.74) is 0.164. The molecule has 0 aliphatic heterocycles. The number of nitrogens with zero attached hydrogens (tertiary/aromatic N) is 1. The van der Waals surface area contributed by atoms with Crippen molar-refractivity contribution in [2.45, 2.75) is 47.5 Å². The number of carbonyl (C=O) groups excluding carboxylic acids is 1. The van der Waals surface area contributed by atoms with Crippen LogP contribution in [0.15, 0.2) is 0 Å². The molecule has 0 unspecified atom stereocenters. The maximum atomic E-state index is 12.6. The average Bonchev–Trinajstić information content (AvgIpc) is 2.59. The minimum atomic E-state index is -0.0461. The Hall–Kier alpha value is -0.370. The monoisotopic (exact) mass is 237 g/mol. The van der Waals surface area contributed by atoms with Crippen molar-refractivity contribution in [3.63, 3.8) is 0 Å². The van der Waals surface area contributed by atoms with Crippen LogP contribution in [0.5, 0.6) is 0 Å². The number of Topliss-reactive ketones (excluding diaryl/α,β-unsaturated/α-hetero) is 1. The summed E-state index contributed by atoms with van der Waals surface area (Å²) in [5.74, 6) is 1.45. The summed E-state index contributed by atoms with van der Waals surface area (Å²) >= 11 is 0. The van der Waals surface area contributed by atoms with Gasteiger partial charge in [0.2, 0.25) is 0 Å². The van der Waals surface area contributed by atoms with Gasteiger partial charge in [-0.1, -0.05) is 34.6 Å². The van der Waals surface area contributed by atoms with Gasteiger partial charge in [-0.05, 0) is 37.3 Å². The fraction of sp³-hybridized carbons (Fsp3) is 0.933. The summed E-state index contributed by atoms with van der Waals surface area (Å²) in [6.45, 7) is 14.3. The molecule has 2 nitrogen and oxygen atoms in total. The number of hydrogen-bond donors (Lipinski definition) is 0. The number of hydrogen-bond acceptors (Lipinski definition) is 2. The van der Waals surface area contributed by atoms with E-state index in [0.29, 0.717) is 17.6 Å². The van der Waals surface area contributed by atoms with Crippen LogP contribution in [0.3, 0.4) is 0 Å². The van der Waals surface area contributed by atoms with E-state index in [2.05, 4.69) is 39.5 Å². The van der Waals surface area contributed by atoms with E-state index >= 15 is 0 Å². The van der Waals surface area contributed by atoms with E-state index in [1.54, 1.807) is 0 Å². The Bertz CT molecular complexity index is 319. The molecule has 0 aromatic rings. The van der Waals surface area contributed by atoms with Crippen molar-refractivity contribution in [2.75, 3.05) is 19.6 Å². The molecule has 2 fully saturated rings. The highest BCUT2D eigenvalue weighted by Crippen LogP contribution is 2.65. The first-order chi connectivity index (χ1) is 7.88. The first-order valence-electron chi connectivity index (χ1n) is 7.15. The van der Waals surface area contributed by atoms with E-state index in [0.717, 1.165) is 26.1 Å². The zero-order valence-corrected chi connectivity index (χ0v) is 12.0. The van der Waals surface area contributed by atoms with Crippen molar-refractivity contribution in [3.8, 4) is 0 Å². The molecule has 2 saturated carbocycles. The molecular weight excluding hydrogens is 210 g/mol. The predicted molar refractivity (Wildman–Crippen MR) is 70.9 cm³/mol. The Morgan fingerprint density at radius 1 is 1.24 bits per heavy atom. The third-order valence-electron chi connectivity index (χ3n) is 6.02. The average molecular weight is 237 g/mol. The van der Waals surface area contributed by atoms with Crippen molar-refractivity contribution in [1.29, 1.82) is 0 Å². The molecule has 98 valence electrons. The number of carbonyl (C=O) groups is 1. The zero-order valence-electron chi connectivity index (χ0n) is 12.0.